The van der Waals surface area contributed by atoms with Gasteiger partial charge in [0.1, 0.15) is 5.54 Å². The molecule has 2 atom stereocenters. The minimum Gasteiger partial charge on any atom is -0.378 e. The number of rotatable bonds is 6. The standard InChI is InChI=1S/C16H25N3O4S/c1-5-23-13-10-16(17,15(13,2)3)14(20)18-11-6-8-12(9-7-11)19-24(4,21)22/h6-9,13,19H,5,10,17H2,1-4H3,(H,18,20). The molecule has 1 aliphatic carbocycles. The highest BCUT2D eigenvalue weighted by Gasteiger charge is 2.62. The Balaban J connectivity index is 2.05. The number of hydrogen-bond donors (Lipinski definition) is 3. The summed E-state index contributed by atoms with van der Waals surface area (Å²) < 4.78 is 30.4. The van der Waals surface area contributed by atoms with Crippen LogP contribution in [0.4, 0.5) is 11.4 Å². The second-order valence-corrected chi connectivity index (χ2v) is 8.50. The summed E-state index contributed by atoms with van der Waals surface area (Å²) in [5.74, 6) is -0.271. The molecular weight excluding hydrogens is 330 g/mol. The molecule has 1 fully saturated rings. The Morgan fingerprint density at radius 2 is 1.83 bits per heavy atom. The second kappa shape index (κ2) is 6.34. The number of carbonyl (C=O) groups is 1. The Morgan fingerprint density at radius 1 is 1.29 bits per heavy atom. The fourth-order valence-corrected chi connectivity index (χ4v) is 3.46. The summed E-state index contributed by atoms with van der Waals surface area (Å²) >= 11 is 0. The van der Waals surface area contributed by atoms with E-state index < -0.39 is 21.0 Å². The van der Waals surface area contributed by atoms with Crippen molar-refractivity contribution >= 4 is 27.3 Å². The Bertz CT molecular complexity index is 715. The van der Waals surface area contributed by atoms with Gasteiger partial charge in [-0.1, -0.05) is 13.8 Å². The smallest absolute Gasteiger partial charge is 0.245 e. The summed E-state index contributed by atoms with van der Waals surface area (Å²) in [7, 11) is -3.33. The lowest BCUT2D eigenvalue weighted by Crippen LogP contribution is -2.74. The molecule has 4 N–H and O–H groups in total. The van der Waals surface area contributed by atoms with Crippen LogP contribution in [-0.2, 0) is 19.6 Å². The molecule has 1 aromatic rings. The third-order valence-corrected chi connectivity index (χ3v) is 5.29. The number of ether oxygens (including phenoxy) is 1. The van der Waals surface area contributed by atoms with Crippen LogP contribution >= 0.6 is 0 Å². The van der Waals surface area contributed by atoms with Crippen molar-refractivity contribution in [1.82, 2.24) is 0 Å². The van der Waals surface area contributed by atoms with Gasteiger partial charge in [-0.2, -0.15) is 0 Å². The Labute approximate surface area is 143 Å². The zero-order chi connectivity index (χ0) is 18.2. The molecule has 0 bridgehead atoms. The van der Waals surface area contributed by atoms with Gasteiger partial charge in [0.05, 0.1) is 12.4 Å². The number of nitrogens with two attached hydrogens (primary N) is 1. The maximum absolute atomic E-state index is 12.6. The second-order valence-electron chi connectivity index (χ2n) is 6.75. The van der Waals surface area contributed by atoms with E-state index in [1.54, 1.807) is 24.3 Å². The monoisotopic (exact) mass is 355 g/mol. The molecule has 7 nitrogen and oxygen atoms in total. The van der Waals surface area contributed by atoms with Crippen LogP contribution in [0.15, 0.2) is 24.3 Å². The predicted molar refractivity (Wildman–Crippen MR) is 94.3 cm³/mol. The Hall–Kier alpha value is -1.64. The molecular formula is C16H25N3O4S. The van der Waals surface area contributed by atoms with E-state index in [1.165, 1.54) is 0 Å². The molecule has 0 saturated heterocycles. The number of benzene rings is 1. The highest BCUT2D eigenvalue weighted by atomic mass is 32.2. The van der Waals surface area contributed by atoms with Crippen LogP contribution in [0.2, 0.25) is 0 Å². The third kappa shape index (κ3) is 3.55. The zero-order valence-electron chi connectivity index (χ0n) is 14.4. The van der Waals surface area contributed by atoms with Crippen LogP contribution in [0, 0.1) is 5.41 Å². The van der Waals surface area contributed by atoms with Crippen molar-refractivity contribution in [2.75, 3.05) is 22.9 Å². The van der Waals surface area contributed by atoms with Gasteiger partial charge < -0.3 is 15.8 Å². The summed E-state index contributed by atoms with van der Waals surface area (Å²) in [6.45, 7) is 6.35. The molecule has 134 valence electrons. The van der Waals surface area contributed by atoms with Crippen LogP contribution in [-0.4, -0.2) is 38.8 Å². The normalized spacial score (nSPS) is 25.6. The van der Waals surface area contributed by atoms with Crippen molar-refractivity contribution in [3.63, 3.8) is 0 Å². The average molecular weight is 355 g/mol. The molecule has 1 aliphatic rings. The zero-order valence-corrected chi connectivity index (χ0v) is 15.2. The lowest BCUT2D eigenvalue weighted by Gasteiger charge is -2.57. The molecule has 0 spiro atoms. The van der Waals surface area contributed by atoms with Crippen LogP contribution in [0.1, 0.15) is 27.2 Å². The summed E-state index contributed by atoms with van der Waals surface area (Å²) in [5.41, 5.74) is 5.84. The summed E-state index contributed by atoms with van der Waals surface area (Å²) in [4.78, 5) is 12.6. The molecule has 0 aliphatic heterocycles. The van der Waals surface area contributed by atoms with Crippen molar-refractivity contribution in [2.24, 2.45) is 11.1 Å². The molecule has 8 heteroatoms. The number of anilines is 2. The van der Waals surface area contributed by atoms with Gasteiger partial charge in [-0.05, 0) is 31.2 Å². The van der Waals surface area contributed by atoms with Crippen molar-refractivity contribution in [1.29, 1.82) is 0 Å². The fraction of sp³-hybridized carbons (Fsp3) is 0.562. The summed E-state index contributed by atoms with van der Waals surface area (Å²) in [5, 5.41) is 2.80. The van der Waals surface area contributed by atoms with Crippen LogP contribution < -0.4 is 15.8 Å². The summed E-state index contributed by atoms with van der Waals surface area (Å²) in [6, 6.07) is 6.41. The number of nitrogens with one attached hydrogen (secondary N) is 2. The summed E-state index contributed by atoms with van der Waals surface area (Å²) in [6.07, 6.45) is 1.50. The van der Waals surface area contributed by atoms with E-state index in [4.69, 9.17) is 10.5 Å². The van der Waals surface area contributed by atoms with E-state index in [0.29, 0.717) is 24.4 Å². The topological polar surface area (TPSA) is 111 Å². The molecule has 2 rings (SSSR count). The highest BCUT2D eigenvalue weighted by molar-refractivity contribution is 7.92. The van der Waals surface area contributed by atoms with Gasteiger partial charge in [-0.25, -0.2) is 8.42 Å². The van der Waals surface area contributed by atoms with E-state index in [2.05, 4.69) is 10.0 Å². The van der Waals surface area contributed by atoms with Gasteiger partial charge in [0.15, 0.2) is 0 Å². The largest absolute Gasteiger partial charge is 0.378 e. The first-order valence-electron chi connectivity index (χ1n) is 7.79. The van der Waals surface area contributed by atoms with E-state index in [-0.39, 0.29) is 12.0 Å². The van der Waals surface area contributed by atoms with Crippen molar-refractivity contribution < 1.29 is 17.9 Å². The SMILES string of the molecule is CCOC1CC(N)(C(=O)Nc2ccc(NS(C)(=O)=O)cc2)C1(C)C. The minimum atomic E-state index is -3.33. The predicted octanol–water partition coefficient (Wildman–Crippen LogP) is 1.53. The van der Waals surface area contributed by atoms with Gasteiger partial charge in [0.2, 0.25) is 15.9 Å². The van der Waals surface area contributed by atoms with Gasteiger partial charge in [-0.15, -0.1) is 0 Å². The maximum atomic E-state index is 12.6. The Kier molecular flexibility index (Phi) is 4.94. The van der Waals surface area contributed by atoms with Gasteiger partial charge in [0, 0.05) is 29.8 Å². The first kappa shape index (κ1) is 18.7. The maximum Gasteiger partial charge on any atom is 0.245 e. The molecule has 1 aromatic carbocycles. The first-order chi connectivity index (χ1) is 11.0. The molecule has 0 aromatic heterocycles. The first-order valence-corrected chi connectivity index (χ1v) is 9.68. The van der Waals surface area contributed by atoms with E-state index in [0.717, 1.165) is 6.26 Å². The lowest BCUT2D eigenvalue weighted by molar-refractivity contribution is -0.166. The van der Waals surface area contributed by atoms with E-state index in [1.807, 2.05) is 20.8 Å². The van der Waals surface area contributed by atoms with Crippen LogP contribution in [0.5, 0.6) is 0 Å². The highest BCUT2D eigenvalue weighted by Crippen LogP contribution is 2.50. The third-order valence-electron chi connectivity index (χ3n) is 4.68. The molecule has 24 heavy (non-hydrogen) atoms. The molecule has 2 unspecified atom stereocenters. The average Bonchev–Trinajstić information content (AvgIpc) is 2.47. The Morgan fingerprint density at radius 3 is 2.29 bits per heavy atom. The van der Waals surface area contributed by atoms with E-state index in [9.17, 15) is 13.2 Å². The number of sulfonamides is 1. The van der Waals surface area contributed by atoms with E-state index >= 15 is 0 Å². The quantitative estimate of drug-likeness (QED) is 0.717. The number of hydrogen-bond acceptors (Lipinski definition) is 5. The van der Waals surface area contributed by atoms with Crippen molar-refractivity contribution in [3.8, 4) is 0 Å². The van der Waals surface area contributed by atoms with Crippen LogP contribution in [0.25, 0.3) is 0 Å². The fourth-order valence-electron chi connectivity index (χ4n) is 2.90. The van der Waals surface area contributed by atoms with Gasteiger partial charge >= 0.3 is 0 Å². The lowest BCUT2D eigenvalue weighted by atomic mass is 9.54. The molecule has 1 saturated carbocycles. The van der Waals surface area contributed by atoms with Crippen LogP contribution in [0.3, 0.4) is 0 Å². The molecule has 0 heterocycles. The molecule has 0 radical (unpaired) electrons. The molecule has 1 amide bonds. The van der Waals surface area contributed by atoms with Crippen molar-refractivity contribution in [2.45, 2.75) is 38.8 Å². The van der Waals surface area contributed by atoms with Crippen molar-refractivity contribution in [3.05, 3.63) is 24.3 Å². The van der Waals surface area contributed by atoms with Gasteiger partial charge in [0.25, 0.3) is 0 Å². The number of carbonyl (C=O) groups excluding carboxylic acids is 1. The minimum absolute atomic E-state index is 0.0420. The van der Waals surface area contributed by atoms with Gasteiger partial charge in [-0.3, -0.25) is 9.52 Å². The number of amides is 1.